The quantitative estimate of drug-likeness (QED) is 0.0668. The smallest absolute Gasteiger partial charge is 0.224 e. The molecule has 8 aromatic carbocycles. The maximum atomic E-state index is 12.4. The number of thiophene rings is 2. The van der Waals surface area contributed by atoms with Crippen molar-refractivity contribution in [1.82, 2.24) is 0 Å². The van der Waals surface area contributed by atoms with Gasteiger partial charge in [0.25, 0.3) is 0 Å². The van der Waals surface area contributed by atoms with Gasteiger partial charge in [0, 0.05) is 145 Å². The third-order valence-corrected chi connectivity index (χ3v) is 30.9. The van der Waals surface area contributed by atoms with E-state index in [1.165, 1.54) is 139 Å². The Balaban J connectivity index is 0.000000146. The van der Waals surface area contributed by atoms with E-state index in [1.54, 1.807) is 20.9 Å². The van der Waals surface area contributed by atoms with Crippen LogP contribution in [0.3, 0.4) is 0 Å². The molecule has 17 heteroatoms. The molecule has 5 N–H and O–H groups in total. The number of piperidine rings is 2. The van der Waals surface area contributed by atoms with Crippen LogP contribution in [0.25, 0.3) is 0 Å². The van der Waals surface area contributed by atoms with Crippen molar-refractivity contribution in [2.75, 3.05) is 83.8 Å². The molecule has 2 aromatic heterocycles. The van der Waals surface area contributed by atoms with Crippen LogP contribution in [0.1, 0.15) is 341 Å². The summed E-state index contributed by atoms with van der Waals surface area (Å²) in [5, 5.41) is 20.2. The lowest BCUT2D eigenvalue weighted by molar-refractivity contribution is -0.118. The van der Waals surface area contributed by atoms with E-state index in [1.807, 2.05) is 22.7 Å². The van der Waals surface area contributed by atoms with Crippen molar-refractivity contribution in [2.24, 2.45) is 33.0 Å². The third kappa shape index (κ3) is 27.2. The van der Waals surface area contributed by atoms with E-state index < -0.39 is 0 Å². The van der Waals surface area contributed by atoms with E-state index in [0.29, 0.717) is 50.2 Å². The Labute approximate surface area is 843 Å². The molecule has 18 rings (SSSR count). The molecule has 0 radical (unpaired) electrons. The average Bonchev–Trinajstić information content (AvgIpc) is 1.60. The molecule has 6 unspecified atom stereocenters. The Morgan fingerprint density at radius 2 is 0.655 bits per heavy atom. The van der Waals surface area contributed by atoms with Crippen LogP contribution in [0.5, 0.6) is 0 Å². The van der Waals surface area contributed by atoms with E-state index in [-0.39, 0.29) is 64.0 Å². The number of benzene rings is 8. The fourth-order valence-corrected chi connectivity index (χ4v) is 24.6. The number of carbonyl (C=O) groups excluding carboxylic acids is 5. The minimum atomic E-state index is -0.0101. The molecule has 3 saturated heterocycles. The van der Waals surface area contributed by atoms with Crippen LogP contribution >= 0.6 is 22.7 Å². The minimum absolute atomic E-state index is 0. The highest BCUT2D eigenvalue weighted by Gasteiger charge is 2.43. The molecule has 3 aliphatic carbocycles. The fourth-order valence-electron chi connectivity index (χ4n) is 22.6. The van der Waals surface area contributed by atoms with Gasteiger partial charge in [-0.3, -0.25) is 24.0 Å². The van der Waals surface area contributed by atoms with Gasteiger partial charge in [0.15, 0.2) is 0 Å². The molecular weight excluding hydrogens is 1750 g/mol. The van der Waals surface area contributed by atoms with Crippen LogP contribution in [0.2, 0.25) is 0 Å². The summed E-state index contributed by atoms with van der Waals surface area (Å²) in [5.41, 5.74) is 34.6. The fraction of sp³-hybridized carbons (Fsp3) is 0.500. The number of aryl methyl sites for hydroxylation is 12. The monoisotopic (exact) mass is 1910 g/mol. The molecule has 10 aromatic rings. The lowest BCUT2D eigenvalue weighted by Gasteiger charge is -2.36. The first-order valence-electron chi connectivity index (χ1n) is 51.3. The van der Waals surface area contributed by atoms with Gasteiger partial charge in [-0.1, -0.05) is 184 Å². The zero-order valence-corrected chi connectivity index (χ0v) is 89.7. The molecule has 5 amide bonds. The molecular formula is C122H164N10O5S2. The highest BCUT2D eigenvalue weighted by Crippen LogP contribution is 2.55. The van der Waals surface area contributed by atoms with Crippen molar-refractivity contribution in [2.45, 2.75) is 333 Å². The van der Waals surface area contributed by atoms with Gasteiger partial charge in [0.1, 0.15) is 0 Å². The Morgan fingerprint density at radius 1 is 0.324 bits per heavy atom. The number of fused-ring (bicyclic) bond motifs is 16. The van der Waals surface area contributed by atoms with Crippen LogP contribution in [0, 0.1) is 102 Å². The first kappa shape index (κ1) is 106. The maximum Gasteiger partial charge on any atom is 0.224 e. The van der Waals surface area contributed by atoms with Crippen LogP contribution in [0.4, 0.5) is 56.9 Å². The standard InChI is InChI=1S/2C25H32N2O.C25H34N2O.C23H30N2OS.C23H32N2OS.CH4/c1-16-10-20(11-17(2)24(16)26-23(28)14-25(3,4)5)27-15-18-12-19-8-6-7-9-21(19)22(27)13-18;1-16-12-19(13-17(2)24(16)26-23(28)15-25(3,4)5)27-11-10-18-14-22(27)21-9-7-6-8-20(18)21;1-18-14-22(15-19(2)24(18)26-23(28)16-25(3,4)5)27-13-9-8-11-20-10-6-7-12-21(20)17-27;1-14-10-17(11-15(2)21(14)24-20(26)13-23(3,4)5)25-8-6-16-12-19(25)18-7-9-27-22(16)18;1-16-12-19(13-17(2)22(16)24-21(26)14-23(3,4)5)25-10-7-6-8-20-18(15-25)9-11-27-20;/h6-11,18,22H,12-15H2,1-5H3,(H,26,28);6-9,12-13,18,22H,10-11,14-15H2,1-5H3,(H,26,28);6-7,10,12,14-15H,8-9,11,13,16-17H2,1-5H3,(H,26,28);7,9-11,16,19H,6,8,12-13H2,1-5H3,(H,24,26);9,11-13H,6-8,10,14-15H2,1-5H3,(H,24,26);1H4. The van der Waals surface area contributed by atoms with Crippen molar-refractivity contribution in [3.05, 3.63) is 266 Å². The third-order valence-electron chi connectivity index (χ3n) is 28.7. The average molecular weight is 1910 g/mol. The lowest BCUT2D eigenvalue weighted by Crippen LogP contribution is -2.32. The van der Waals surface area contributed by atoms with Crippen LogP contribution in [-0.2, 0) is 56.3 Å². The van der Waals surface area contributed by atoms with Crippen molar-refractivity contribution in [1.29, 1.82) is 0 Å². The summed E-state index contributed by atoms with van der Waals surface area (Å²) >= 11 is 3.82. The van der Waals surface area contributed by atoms with E-state index >= 15 is 0 Å². The number of nitrogens with zero attached hydrogens (tertiary/aromatic N) is 5. The first-order chi connectivity index (χ1) is 65.1. The van der Waals surface area contributed by atoms with Gasteiger partial charge in [0.05, 0.1) is 18.1 Å². The Morgan fingerprint density at radius 3 is 1.08 bits per heavy atom. The Hall–Kier alpha value is -10.5. The van der Waals surface area contributed by atoms with Gasteiger partial charge >= 0.3 is 0 Å². The Bertz CT molecular complexity index is 5850. The predicted octanol–water partition coefficient (Wildman–Crippen LogP) is 30.8. The second kappa shape index (κ2) is 44.4. The van der Waals surface area contributed by atoms with Gasteiger partial charge in [-0.05, 0) is 375 Å². The van der Waals surface area contributed by atoms with Crippen molar-refractivity contribution < 1.29 is 24.0 Å². The molecule has 3 fully saturated rings. The van der Waals surface area contributed by atoms with Gasteiger partial charge in [0.2, 0.25) is 29.5 Å². The van der Waals surface area contributed by atoms with Crippen molar-refractivity contribution in [3.8, 4) is 0 Å². The largest absolute Gasteiger partial charge is 0.367 e. The zero-order chi connectivity index (χ0) is 99.4. The zero-order valence-electron chi connectivity index (χ0n) is 88.0. The van der Waals surface area contributed by atoms with Gasteiger partial charge < -0.3 is 51.1 Å². The number of amides is 5. The van der Waals surface area contributed by atoms with Crippen molar-refractivity contribution in [3.63, 3.8) is 0 Å². The molecule has 15 nitrogen and oxygen atoms in total. The van der Waals surface area contributed by atoms with Gasteiger partial charge in [-0.15, -0.1) is 22.7 Å². The second-order valence-electron chi connectivity index (χ2n) is 47.5. The highest BCUT2D eigenvalue weighted by molar-refractivity contribution is 7.10. The number of rotatable bonds is 15. The van der Waals surface area contributed by atoms with E-state index in [4.69, 9.17) is 0 Å². The molecule has 6 bridgehead atoms. The number of carbonyl (C=O) groups is 5. The summed E-state index contributed by atoms with van der Waals surface area (Å²) in [7, 11) is 0. The minimum Gasteiger partial charge on any atom is -0.367 e. The van der Waals surface area contributed by atoms with E-state index in [0.717, 1.165) is 148 Å². The van der Waals surface area contributed by atoms with Crippen LogP contribution in [-0.4, -0.2) is 62.3 Å². The van der Waals surface area contributed by atoms with E-state index in [2.05, 4.69) is 381 Å². The number of hydrogen-bond donors (Lipinski definition) is 5. The number of anilines is 10. The summed E-state index contributed by atoms with van der Waals surface area (Å²) < 4.78 is 0. The SMILES string of the molecule is C.Cc1cc(N2CC3Cc4ccccc4C2C3)cc(C)c1NC(=O)CC(C)(C)C.Cc1cc(N2CCC3CC2c2ccccc23)cc(C)c1NC(=O)CC(C)(C)C.Cc1cc(N2CCC3CC2c2ccsc23)cc(C)c1NC(=O)CC(C)(C)C.Cc1cc(N2CCCCc3ccccc3C2)cc(C)c1NC(=O)CC(C)(C)C.Cc1cc(N2CCCCc3sccc3C2)cc(C)c1NC(=O)CC(C)(C)C. The molecule has 5 aliphatic heterocycles. The predicted molar refractivity (Wildman–Crippen MR) is 592 cm³/mol. The highest BCUT2D eigenvalue weighted by atomic mass is 32.1. The number of hydrogen-bond acceptors (Lipinski definition) is 12. The summed E-state index contributed by atoms with van der Waals surface area (Å²) in [4.78, 5) is 78.0. The molecule has 139 heavy (non-hydrogen) atoms. The molecule has 0 spiro atoms. The normalized spacial score (nSPS) is 18.4. The molecule has 6 atom stereocenters. The summed E-state index contributed by atoms with van der Waals surface area (Å²) in [6.07, 6.45) is 17.3. The topological polar surface area (TPSA) is 162 Å². The molecule has 0 saturated carbocycles. The Kier molecular flexibility index (Phi) is 33.8. The van der Waals surface area contributed by atoms with Crippen molar-refractivity contribution >= 4 is 109 Å². The molecule has 7 heterocycles. The second-order valence-corrected chi connectivity index (χ2v) is 49.4. The lowest BCUT2D eigenvalue weighted by atomic mass is 9.84. The van der Waals surface area contributed by atoms with Crippen LogP contribution < -0.4 is 51.1 Å². The first-order valence-corrected chi connectivity index (χ1v) is 53.1. The maximum absolute atomic E-state index is 12.4. The molecule has 8 aliphatic rings. The number of nitrogens with one attached hydrogen (secondary N) is 5. The van der Waals surface area contributed by atoms with Gasteiger partial charge in [-0.25, -0.2) is 0 Å². The summed E-state index contributed by atoms with van der Waals surface area (Å²) in [6, 6.07) is 55.2. The van der Waals surface area contributed by atoms with Gasteiger partial charge in [-0.2, -0.15) is 0 Å². The van der Waals surface area contributed by atoms with Crippen LogP contribution in [0.15, 0.2) is 156 Å². The molecule has 744 valence electrons. The van der Waals surface area contributed by atoms with E-state index in [9.17, 15) is 24.0 Å². The summed E-state index contributed by atoms with van der Waals surface area (Å²) in [6.45, 7) is 59.9. The summed E-state index contributed by atoms with van der Waals surface area (Å²) in [5.74, 6) is 2.69.